The van der Waals surface area contributed by atoms with Gasteiger partial charge in [-0.1, -0.05) is 25.3 Å². The quantitative estimate of drug-likeness (QED) is 0.802. The highest BCUT2D eigenvalue weighted by atomic mass is 32.1. The summed E-state index contributed by atoms with van der Waals surface area (Å²) in [7, 11) is 0. The molecule has 0 unspecified atom stereocenters. The minimum absolute atomic E-state index is 0.125. The fraction of sp³-hybridized carbons (Fsp3) is 0.462. The Morgan fingerprint density at radius 1 is 1.39 bits per heavy atom. The van der Waals surface area contributed by atoms with E-state index in [1.165, 1.54) is 17.1 Å². The summed E-state index contributed by atoms with van der Waals surface area (Å²) < 4.78 is 3.93. The first-order valence-electron chi connectivity index (χ1n) is 5.85. The largest absolute Gasteiger partial charge is 0.293 e. The first kappa shape index (κ1) is 13.4. The number of nitrogens with zero attached hydrogens (tertiary/aromatic N) is 2. The van der Waals surface area contributed by atoms with Crippen molar-refractivity contribution in [2.75, 3.05) is 0 Å². The van der Waals surface area contributed by atoms with E-state index in [4.69, 9.17) is 0 Å². The summed E-state index contributed by atoms with van der Waals surface area (Å²) in [5.41, 5.74) is 1.92. The van der Waals surface area contributed by atoms with E-state index in [0.717, 1.165) is 17.0 Å². The number of hydrogen-bond donors (Lipinski definition) is 0. The van der Waals surface area contributed by atoms with Crippen LogP contribution in [0.1, 0.15) is 48.1 Å². The zero-order chi connectivity index (χ0) is 13.2. The molecule has 18 heavy (non-hydrogen) atoms. The summed E-state index contributed by atoms with van der Waals surface area (Å²) >= 11 is 2.88. The topological polar surface area (TPSA) is 42.9 Å². The van der Waals surface area contributed by atoms with Gasteiger partial charge in [0.05, 0.1) is 5.69 Å². The Labute approximate surface area is 115 Å². The van der Waals surface area contributed by atoms with Crippen molar-refractivity contribution in [1.29, 1.82) is 0 Å². The second kappa shape index (κ2) is 5.28. The van der Waals surface area contributed by atoms with Gasteiger partial charge in [0.15, 0.2) is 5.78 Å². The minimum Gasteiger partial charge on any atom is -0.293 e. The molecule has 0 saturated heterocycles. The lowest BCUT2D eigenvalue weighted by Crippen LogP contribution is -2.16. The van der Waals surface area contributed by atoms with Crippen molar-refractivity contribution in [1.82, 2.24) is 9.59 Å². The molecule has 0 saturated carbocycles. The predicted molar refractivity (Wildman–Crippen MR) is 75.6 cm³/mol. The van der Waals surface area contributed by atoms with Gasteiger partial charge in [0.25, 0.3) is 0 Å². The molecule has 2 rings (SSSR count). The zero-order valence-corrected chi connectivity index (χ0v) is 12.4. The number of hydrogen-bond acceptors (Lipinski definition) is 5. The Hall–Kier alpha value is -1.07. The highest BCUT2D eigenvalue weighted by molar-refractivity contribution is 7.08. The lowest BCUT2D eigenvalue weighted by atomic mass is 9.90. The standard InChI is InChI=1S/C13H16N2OS2/c1-13(2,3)12-11(18-15-14-12)10(16)5-4-9-6-7-17-8-9/h6-8H,4-5H2,1-3H3. The molecule has 0 radical (unpaired) electrons. The molecular weight excluding hydrogens is 264 g/mol. The van der Waals surface area contributed by atoms with Crippen LogP contribution in [-0.2, 0) is 11.8 Å². The van der Waals surface area contributed by atoms with E-state index in [1.807, 2.05) is 5.38 Å². The van der Waals surface area contributed by atoms with Crippen LogP contribution in [-0.4, -0.2) is 15.4 Å². The Morgan fingerprint density at radius 2 is 2.17 bits per heavy atom. The second-order valence-corrected chi connectivity index (χ2v) is 6.79. The van der Waals surface area contributed by atoms with Crippen LogP contribution in [0.4, 0.5) is 0 Å². The number of aryl methyl sites for hydroxylation is 1. The van der Waals surface area contributed by atoms with Gasteiger partial charge in [-0.25, -0.2) is 0 Å². The van der Waals surface area contributed by atoms with Crippen molar-refractivity contribution in [3.8, 4) is 0 Å². The normalized spacial score (nSPS) is 11.7. The number of aromatic nitrogens is 2. The molecule has 96 valence electrons. The maximum absolute atomic E-state index is 12.2. The third kappa shape index (κ3) is 3.03. The monoisotopic (exact) mass is 280 g/mol. The van der Waals surface area contributed by atoms with E-state index in [1.54, 1.807) is 11.3 Å². The van der Waals surface area contributed by atoms with Crippen LogP contribution in [0.15, 0.2) is 16.8 Å². The van der Waals surface area contributed by atoms with Gasteiger partial charge in [-0.15, -0.1) is 5.10 Å². The Kier molecular flexibility index (Phi) is 3.92. The molecule has 0 aromatic carbocycles. The van der Waals surface area contributed by atoms with Crippen LogP contribution in [0.2, 0.25) is 0 Å². The molecule has 2 aromatic heterocycles. The van der Waals surface area contributed by atoms with Crippen molar-refractivity contribution in [3.63, 3.8) is 0 Å². The SMILES string of the molecule is CC(C)(C)c1nnsc1C(=O)CCc1ccsc1. The van der Waals surface area contributed by atoms with Gasteiger partial charge in [0.1, 0.15) is 4.88 Å². The van der Waals surface area contributed by atoms with Gasteiger partial charge in [0, 0.05) is 11.8 Å². The fourth-order valence-electron chi connectivity index (χ4n) is 1.67. The molecule has 0 N–H and O–H groups in total. The van der Waals surface area contributed by atoms with Crippen molar-refractivity contribution < 1.29 is 4.79 Å². The first-order valence-corrected chi connectivity index (χ1v) is 7.57. The van der Waals surface area contributed by atoms with Gasteiger partial charge in [-0.3, -0.25) is 4.79 Å². The van der Waals surface area contributed by atoms with Crippen molar-refractivity contribution in [2.24, 2.45) is 0 Å². The van der Waals surface area contributed by atoms with Gasteiger partial charge in [0.2, 0.25) is 0 Å². The Bertz CT molecular complexity index is 523. The highest BCUT2D eigenvalue weighted by Crippen LogP contribution is 2.27. The Morgan fingerprint density at radius 3 is 2.78 bits per heavy atom. The predicted octanol–water partition coefficient (Wildman–Crippen LogP) is 3.71. The highest BCUT2D eigenvalue weighted by Gasteiger charge is 2.25. The summed E-state index contributed by atoms with van der Waals surface area (Å²) in [6.07, 6.45) is 1.33. The van der Waals surface area contributed by atoms with Crippen LogP contribution in [0.25, 0.3) is 0 Å². The maximum Gasteiger partial charge on any atom is 0.176 e. The number of thiophene rings is 1. The summed E-state index contributed by atoms with van der Waals surface area (Å²) in [5.74, 6) is 0.154. The fourth-order valence-corrected chi connectivity index (χ4v) is 3.22. The Balaban J connectivity index is 2.08. The molecule has 0 bridgehead atoms. The van der Waals surface area contributed by atoms with E-state index in [-0.39, 0.29) is 11.2 Å². The van der Waals surface area contributed by atoms with Crippen LogP contribution in [0.5, 0.6) is 0 Å². The van der Waals surface area contributed by atoms with E-state index in [0.29, 0.717) is 6.42 Å². The molecule has 3 nitrogen and oxygen atoms in total. The molecule has 5 heteroatoms. The summed E-state index contributed by atoms with van der Waals surface area (Å²) in [4.78, 5) is 12.9. The number of rotatable bonds is 4. The lowest BCUT2D eigenvalue weighted by molar-refractivity contribution is 0.0984. The molecule has 0 aliphatic carbocycles. The van der Waals surface area contributed by atoms with E-state index < -0.39 is 0 Å². The van der Waals surface area contributed by atoms with Crippen molar-refractivity contribution in [3.05, 3.63) is 33.0 Å². The second-order valence-electron chi connectivity index (χ2n) is 5.26. The average Bonchev–Trinajstić information content (AvgIpc) is 2.95. The van der Waals surface area contributed by atoms with Crippen LogP contribution in [0, 0.1) is 0 Å². The van der Waals surface area contributed by atoms with Gasteiger partial charge >= 0.3 is 0 Å². The van der Waals surface area contributed by atoms with Crippen molar-refractivity contribution in [2.45, 2.75) is 39.0 Å². The maximum atomic E-state index is 12.2. The first-order chi connectivity index (χ1) is 8.48. The summed E-state index contributed by atoms with van der Waals surface area (Å²) in [6, 6.07) is 2.06. The smallest absolute Gasteiger partial charge is 0.176 e. The zero-order valence-electron chi connectivity index (χ0n) is 10.8. The van der Waals surface area contributed by atoms with E-state index in [2.05, 4.69) is 41.8 Å². The summed E-state index contributed by atoms with van der Waals surface area (Å²) in [6.45, 7) is 6.16. The minimum atomic E-state index is -0.125. The van der Waals surface area contributed by atoms with Gasteiger partial charge in [-0.05, 0) is 40.3 Å². The van der Waals surface area contributed by atoms with E-state index in [9.17, 15) is 4.79 Å². The van der Waals surface area contributed by atoms with E-state index >= 15 is 0 Å². The van der Waals surface area contributed by atoms with Crippen LogP contribution in [0.3, 0.4) is 0 Å². The van der Waals surface area contributed by atoms with Crippen molar-refractivity contribution >= 4 is 28.7 Å². The number of ketones is 1. The number of Topliss-reactive ketones (excluding diaryl/α,β-unsaturated/α-hetero) is 1. The average molecular weight is 280 g/mol. The molecular formula is C13H16N2OS2. The molecule has 2 aromatic rings. The van der Waals surface area contributed by atoms with Crippen LogP contribution < -0.4 is 0 Å². The molecule has 0 spiro atoms. The van der Waals surface area contributed by atoms with Gasteiger partial charge < -0.3 is 0 Å². The molecule has 2 heterocycles. The third-order valence-electron chi connectivity index (χ3n) is 2.67. The molecule has 0 aliphatic heterocycles. The summed E-state index contributed by atoms with van der Waals surface area (Å²) in [5, 5.41) is 8.23. The lowest BCUT2D eigenvalue weighted by Gasteiger charge is -2.15. The molecule has 0 aliphatic rings. The molecule has 0 fully saturated rings. The molecule has 0 atom stereocenters. The molecule has 0 amide bonds. The number of carbonyl (C=O) groups excluding carboxylic acids is 1. The van der Waals surface area contributed by atoms with Gasteiger partial charge in [-0.2, -0.15) is 11.3 Å². The third-order valence-corrected chi connectivity index (χ3v) is 4.17. The number of carbonyl (C=O) groups is 1. The van der Waals surface area contributed by atoms with Crippen LogP contribution >= 0.6 is 22.9 Å².